The summed E-state index contributed by atoms with van der Waals surface area (Å²) in [5.74, 6) is -0.280. The van der Waals surface area contributed by atoms with Gasteiger partial charge in [-0.2, -0.15) is 0 Å². The fourth-order valence-corrected chi connectivity index (χ4v) is 1.16. The van der Waals surface area contributed by atoms with E-state index in [1.165, 1.54) is 11.8 Å². The summed E-state index contributed by atoms with van der Waals surface area (Å²) in [6.45, 7) is 6.57. The van der Waals surface area contributed by atoms with Gasteiger partial charge in [-0.25, -0.2) is 0 Å². The molecule has 92 valence electrons. The first-order valence-corrected chi connectivity index (χ1v) is 5.23. The van der Waals surface area contributed by atoms with Gasteiger partial charge in [0, 0.05) is 33.7 Å². The largest absolute Gasteiger partial charge is 0.385 e. The number of nitrogens with zero attached hydrogens (tertiary/aromatic N) is 1. The third kappa shape index (κ3) is 7.00. The van der Waals surface area contributed by atoms with Crippen molar-refractivity contribution in [1.29, 1.82) is 0 Å². The molecule has 16 heavy (non-hydrogen) atoms. The van der Waals surface area contributed by atoms with E-state index in [2.05, 4.69) is 11.9 Å². The third-order valence-electron chi connectivity index (χ3n) is 2.00. The molecule has 0 saturated heterocycles. The minimum Gasteiger partial charge on any atom is -0.385 e. The summed E-state index contributed by atoms with van der Waals surface area (Å²) in [7, 11) is 1.61. The van der Waals surface area contributed by atoms with Gasteiger partial charge < -0.3 is 15.0 Å². The highest BCUT2D eigenvalue weighted by molar-refractivity contribution is 5.83. The van der Waals surface area contributed by atoms with E-state index in [0.29, 0.717) is 19.7 Å². The lowest BCUT2D eigenvalue weighted by Crippen LogP contribution is -2.40. The molecule has 0 aromatic carbocycles. The summed E-state index contributed by atoms with van der Waals surface area (Å²) in [6, 6.07) is 0. The topological polar surface area (TPSA) is 58.6 Å². The first-order valence-electron chi connectivity index (χ1n) is 5.23. The predicted molar refractivity (Wildman–Crippen MR) is 62.0 cm³/mol. The quantitative estimate of drug-likeness (QED) is 0.476. The zero-order valence-electron chi connectivity index (χ0n) is 9.99. The predicted octanol–water partition coefficient (Wildman–Crippen LogP) is 0.174. The van der Waals surface area contributed by atoms with E-state index in [-0.39, 0.29) is 18.4 Å². The molecule has 0 spiro atoms. The van der Waals surface area contributed by atoms with Crippen molar-refractivity contribution in [2.24, 2.45) is 0 Å². The van der Waals surface area contributed by atoms with Gasteiger partial charge in [-0.1, -0.05) is 6.08 Å². The molecule has 0 aromatic rings. The first-order chi connectivity index (χ1) is 7.61. The number of hydrogen-bond acceptors (Lipinski definition) is 3. The Morgan fingerprint density at radius 2 is 2.19 bits per heavy atom. The lowest BCUT2D eigenvalue weighted by Gasteiger charge is -2.20. The SMILES string of the molecule is C=CCNC(=O)CN(CCCOC)C(C)=O. The smallest absolute Gasteiger partial charge is 0.239 e. The number of carbonyl (C=O) groups is 2. The van der Waals surface area contributed by atoms with E-state index in [1.54, 1.807) is 13.2 Å². The molecule has 0 atom stereocenters. The van der Waals surface area contributed by atoms with Crippen LogP contribution in [0.25, 0.3) is 0 Å². The average Bonchev–Trinajstić information content (AvgIpc) is 2.25. The fourth-order valence-electron chi connectivity index (χ4n) is 1.16. The van der Waals surface area contributed by atoms with Crippen LogP contribution in [0.5, 0.6) is 0 Å². The second-order valence-corrected chi connectivity index (χ2v) is 3.38. The Labute approximate surface area is 96.4 Å². The molecule has 0 aromatic heterocycles. The number of nitrogens with one attached hydrogen (secondary N) is 1. The summed E-state index contributed by atoms with van der Waals surface area (Å²) in [5, 5.41) is 2.63. The molecular weight excluding hydrogens is 208 g/mol. The molecule has 0 aliphatic heterocycles. The van der Waals surface area contributed by atoms with E-state index in [9.17, 15) is 9.59 Å². The minimum absolute atomic E-state index is 0.0902. The molecule has 0 heterocycles. The van der Waals surface area contributed by atoms with Crippen LogP contribution < -0.4 is 5.32 Å². The molecule has 0 bridgehead atoms. The van der Waals surface area contributed by atoms with Crippen LogP contribution in [0, 0.1) is 0 Å². The van der Waals surface area contributed by atoms with Crippen molar-refractivity contribution >= 4 is 11.8 Å². The van der Waals surface area contributed by atoms with Crippen molar-refractivity contribution in [2.75, 3.05) is 33.4 Å². The number of methoxy groups -OCH3 is 1. The van der Waals surface area contributed by atoms with E-state index in [1.807, 2.05) is 0 Å². The van der Waals surface area contributed by atoms with Gasteiger partial charge in [0.1, 0.15) is 0 Å². The normalized spacial score (nSPS) is 9.62. The van der Waals surface area contributed by atoms with Crippen LogP contribution in [0.1, 0.15) is 13.3 Å². The molecule has 0 rings (SSSR count). The van der Waals surface area contributed by atoms with Gasteiger partial charge in [0.05, 0.1) is 6.54 Å². The first kappa shape index (κ1) is 14.6. The van der Waals surface area contributed by atoms with Crippen LogP contribution in [0.4, 0.5) is 0 Å². The zero-order valence-corrected chi connectivity index (χ0v) is 9.99. The van der Waals surface area contributed by atoms with Crippen LogP contribution in [-0.2, 0) is 14.3 Å². The minimum atomic E-state index is -0.174. The van der Waals surface area contributed by atoms with Crippen LogP contribution in [0.2, 0.25) is 0 Å². The van der Waals surface area contributed by atoms with Gasteiger partial charge in [-0.05, 0) is 6.42 Å². The Kier molecular flexibility index (Phi) is 8.15. The summed E-state index contributed by atoms with van der Waals surface area (Å²) in [5.41, 5.74) is 0. The van der Waals surface area contributed by atoms with Crippen LogP contribution in [0.15, 0.2) is 12.7 Å². The van der Waals surface area contributed by atoms with Gasteiger partial charge in [-0.3, -0.25) is 9.59 Å². The molecule has 2 amide bonds. The second-order valence-electron chi connectivity index (χ2n) is 3.38. The summed E-state index contributed by atoms with van der Waals surface area (Å²) < 4.78 is 4.89. The highest BCUT2D eigenvalue weighted by Gasteiger charge is 2.12. The standard InChI is InChI=1S/C11H20N2O3/c1-4-6-12-11(15)9-13(10(2)14)7-5-8-16-3/h4H,1,5-9H2,2-3H3,(H,12,15). The molecule has 1 N–H and O–H groups in total. The van der Waals surface area contributed by atoms with Crippen molar-refractivity contribution in [3.63, 3.8) is 0 Å². The molecule has 0 aliphatic rings. The van der Waals surface area contributed by atoms with E-state index < -0.39 is 0 Å². The van der Waals surface area contributed by atoms with Gasteiger partial charge in [0.25, 0.3) is 0 Å². The molecule has 0 fully saturated rings. The number of ether oxygens (including phenoxy) is 1. The monoisotopic (exact) mass is 228 g/mol. The molecule has 5 nitrogen and oxygen atoms in total. The highest BCUT2D eigenvalue weighted by Crippen LogP contribution is 1.93. The molecule has 0 saturated carbocycles. The average molecular weight is 228 g/mol. The maximum Gasteiger partial charge on any atom is 0.239 e. The summed E-state index contributed by atoms with van der Waals surface area (Å²) in [4.78, 5) is 24.1. The van der Waals surface area contributed by atoms with E-state index >= 15 is 0 Å². The second kappa shape index (κ2) is 8.91. The van der Waals surface area contributed by atoms with Gasteiger partial charge in [0.2, 0.25) is 11.8 Å². The number of amides is 2. The number of carbonyl (C=O) groups excluding carboxylic acids is 2. The van der Waals surface area contributed by atoms with Gasteiger partial charge in [-0.15, -0.1) is 6.58 Å². The fraction of sp³-hybridized carbons (Fsp3) is 0.636. The Morgan fingerprint density at radius 3 is 2.69 bits per heavy atom. The van der Waals surface area contributed by atoms with Crippen molar-refractivity contribution in [1.82, 2.24) is 10.2 Å². The lowest BCUT2D eigenvalue weighted by molar-refractivity contribution is -0.134. The number of hydrogen-bond donors (Lipinski definition) is 1. The van der Waals surface area contributed by atoms with Crippen molar-refractivity contribution < 1.29 is 14.3 Å². The van der Waals surface area contributed by atoms with E-state index in [0.717, 1.165) is 6.42 Å². The van der Waals surface area contributed by atoms with Crippen molar-refractivity contribution in [2.45, 2.75) is 13.3 Å². The Hall–Kier alpha value is -1.36. The number of rotatable bonds is 8. The van der Waals surface area contributed by atoms with Gasteiger partial charge in [0.15, 0.2) is 0 Å². The molecule has 0 radical (unpaired) electrons. The molecule has 0 unspecified atom stereocenters. The summed E-state index contributed by atoms with van der Waals surface area (Å²) in [6.07, 6.45) is 2.33. The third-order valence-corrected chi connectivity index (χ3v) is 2.00. The highest BCUT2D eigenvalue weighted by atomic mass is 16.5. The van der Waals surface area contributed by atoms with E-state index in [4.69, 9.17) is 4.74 Å². The Morgan fingerprint density at radius 1 is 1.50 bits per heavy atom. The van der Waals surface area contributed by atoms with Gasteiger partial charge >= 0.3 is 0 Å². The maximum atomic E-state index is 11.4. The summed E-state index contributed by atoms with van der Waals surface area (Å²) >= 11 is 0. The van der Waals surface area contributed by atoms with Crippen molar-refractivity contribution in [3.05, 3.63) is 12.7 Å². The van der Waals surface area contributed by atoms with Crippen LogP contribution in [-0.4, -0.2) is 50.1 Å². The maximum absolute atomic E-state index is 11.4. The van der Waals surface area contributed by atoms with Crippen molar-refractivity contribution in [3.8, 4) is 0 Å². The zero-order chi connectivity index (χ0) is 12.4. The van der Waals surface area contributed by atoms with Crippen LogP contribution in [0.3, 0.4) is 0 Å². The molecular formula is C11H20N2O3. The lowest BCUT2D eigenvalue weighted by atomic mass is 10.3. The molecule has 0 aliphatic carbocycles. The van der Waals surface area contributed by atoms with Crippen LogP contribution >= 0.6 is 0 Å². The molecule has 5 heteroatoms. The Balaban J connectivity index is 3.96. The Bertz CT molecular complexity index is 241.